The summed E-state index contributed by atoms with van der Waals surface area (Å²) < 4.78 is 15.9. The van der Waals surface area contributed by atoms with Gasteiger partial charge in [0.25, 0.3) is 0 Å². The van der Waals surface area contributed by atoms with Gasteiger partial charge in [-0.15, -0.1) is 0 Å². The number of hydrogen-bond donors (Lipinski definition) is 2. The highest BCUT2D eigenvalue weighted by Crippen LogP contribution is 2.72. The molecule has 7 atom stereocenters. The highest BCUT2D eigenvalue weighted by Gasteiger charge is 2.88. The Morgan fingerprint density at radius 2 is 2.04 bits per heavy atom. The summed E-state index contributed by atoms with van der Waals surface area (Å²) in [6.45, 7) is 4.41. The largest absolute Gasteiger partial charge is 0.463 e. The Hall–Kier alpha value is -1.67. The van der Waals surface area contributed by atoms with Gasteiger partial charge in [0.2, 0.25) is 0 Å². The maximum atomic E-state index is 12.7. The molecular formula is C17H22O8. The van der Waals surface area contributed by atoms with Gasteiger partial charge in [0.15, 0.2) is 17.1 Å². The SMILES string of the molecule is CC(=O)O[C@@]1(C)[C@H]2C[C@]3([C@H](C)CC[C@]3(O)[C@]13COC3=O)[C@@H](O)C(=O)O2. The average molecular weight is 354 g/mol. The fourth-order valence-corrected chi connectivity index (χ4v) is 6.03. The summed E-state index contributed by atoms with van der Waals surface area (Å²) in [4.78, 5) is 36.8. The Bertz CT molecular complexity index is 690. The predicted octanol–water partition coefficient (Wildman–Crippen LogP) is -0.311. The van der Waals surface area contributed by atoms with Gasteiger partial charge in [-0.05, 0) is 25.7 Å². The molecule has 2 saturated heterocycles. The third kappa shape index (κ3) is 1.47. The lowest BCUT2D eigenvalue weighted by molar-refractivity contribution is -0.360. The number of cyclic esters (lactones) is 1. The molecule has 8 nitrogen and oxygen atoms in total. The first-order valence-corrected chi connectivity index (χ1v) is 8.54. The highest BCUT2D eigenvalue weighted by atomic mass is 16.6. The molecule has 4 fully saturated rings. The van der Waals surface area contributed by atoms with Crippen molar-refractivity contribution < 1.29 is 38.8 Å². The number of hydrogen-bond acceptors (Lipinski definition) is 8. The monoisotopic (exact) mass is 354 g/mol. The smallest absolute Gasteiger partial charge is 0.336 e. The minimum Gasteiger partial charge on any atom is -0.463 e. The maximum absolute atomic E-state index is 12.7. The molecule has 2 aliphatic carbocycles. The second kappa shape index (κ2) is 4.54. The second-order valence-corrected chi connectivity index (χ2v) is 8.05. The van der Waals surface area contributed by atoms with Crippen LogP contribution >= 0.6 is 0 Å². The number of carbonyl (C=O) groups is 3. The van der Waals surface area contributed by atoms with E-state index < -0.39 is 52.1 Å². The van der Waals surface area contributed by atoms with E-state index in [1.165, 1.54) is 13.8 Å². The summed E-state index contributed by atoms with van der Waals surface area (Å²) in [5.74, 6) is -2.41. The minimum atomic E-state index is -1.73. The molecule has 0 radical (unpaired) electrons. The molecule has 4 rings (SSSR count). The Morgan fingerprint density at radius 3 is 2.56 bits per heavy atom. The van der Waals surface area contributed by atoms with Crippen LogP contribution in [0, 0.1) is 16.7 Å². The lowest BCUT2D eigenvalue weighted by Gasteiger charge is -2.69. The third-order valence-electron chi connectivity index (χ3n) is 7.37. The number of aliphatic hydroxyl groups excluding tert-OH is 1. The summed E-state index contributed by atoms with van der Waals surface area (Å²) >= 11 is 0. The number of esters is 3. The zero-order chi connectivity index (χ0) is 18.4. The van der Waals surface area contributed by atoms with Crippen LogP contribution in [0.15, 0.2) is 0 Å². The molecule has 2 aliphatic heterocycles. The van der Waals surface area contributed by atoms with Gasteiger partial charge in [0, 0.05) is 18.8 Å². The zero-order valence-corrected chi connectivity index (χ0v) is 14.4. The van der Waals surface area contributed by atoms with E-state index in [0.29, 0.717) is 6.42 Å². The Kier molecular flexibility index (Phi) is 3.04. The van der Waals surface area contributed by atoms with Crippen molar-refractivity contribution in [3.8, 4) is 0 Å². The molecule has 2 spiro atoms. The van der Waals surface area contributed by atoms with E-state index in [0.717, 1.165) is 0 Å². The number of ether oxygens (including phenoxy) is 3. The summed E-state index contributed by atoms with van der Waals surface area (Å²) in [6, 6.07) is 0. The van der Waals surface area contributed by atoms with Crippen LogP contribution in [0.3, 0.4) is 0 Å². The molecule has 138 valence electrons. The summed E-state index contributed by atoms with van der Waals surface area (Å²) in [5, 5.41) is 22.5. The molecule has 0 aromatic rings. The van der Waals surface area contributed by atoms with Gasteiger partial charge in [-0.25, -0.2) is 4.79 Å². The van der Waals surface area contributed by atoms with Crippen LogP contribution in [0.2, 0.25) is 0 Å². The second-order valence-electron chi connectivity index (χ2n) is 8.05. The zero-order valence-electron chi connectivity index (χ0n) is 14.4. The molecule has 0 aromatic heterocycles. The van der Waals surface area contributed by atoms with E-state index in [9.17, 15) is 24.6 Å². The van der Waals surface area contributed by atoms with Crippen molar-refractivity contribution in [1.82, 2.24) is 0 Å². The van der Waals surface area contributed by atoms with Crippen LogP contribution < -0.4 is 0 Å². The standard InChI is InChI=1S/C17H22O8/c1-8-4-5-17(22)15(8)6-10(24-12(20)11(15)19)14(3,25-9(2)18)16(17)7-23-13(16)21/h8,10-11,19,22H,4-7H2,1-3H3/t8-,10-,11+,14+,15+,16+,17-/m1/s1. The number of aliphatic hydroxyl groups is 2. The average Bonchev–Trinajstić information content (AvgIpc) is 2.76. The van der Waals surface area contributed by atoms with Crippen LogP contribution in [0.1, 0.15) is 40.0 Å². The molecule has 4 aliphatic rings. The molecular weight excluding hydrogens is 332 g/mol. The van der Waals surface area contributed by atoms with Crippen LogP contribution in [-0.2, 0) is 28.6 Å². The molecule has 2 heterocycles. The van der Waals surface area contributed by atoms with Gasteiger partial charge < -0.3 is 24.4 Å². The van der Waals surface area contributed by atoms with Crippen LogP contribution in [-0.4, -0.2) is 58.1 Å². The third-order valence-corrected chi connectivity index (χ3v) is 7.37. The summed E-state index contributed by atoms with van der Waals surface area (Å²) in [6.07, 6.45) is -1.63. The Balaban J connectivity index is 1.99. The fourth-order valence-electron chi connectivity index (χ4n) is 6.03. The summed E-state index contributed by atoms with van der Waals surface area (Å²) in [5.41, 5.74) is -6.09. The van der Waals surface area contributed by atoms with Crippen molar-refractivity contribution in [3.05, 3.63) is 0 Å². The Labute approximate surface area is 144 Å². The topological polar surface area (TPSA) is 119 Å². The number of fused-ring (bicyclic) bond motifs is 2. The summed E-state index contributed by atoms with van der Waals surface area (Å²) in [7, 11) is 0. The first kappa shape index (κ1) is 16.8. The fraction of sp³-hybridized carbons (Fsp3) is 0.824. The molecule has 0 amide bonds. The highest BCUT2D eigenvalue weighted by molar-refractivity contribution is 5.89. The van der Waals surface area contributed by atoms with Gasteiger partial charge in [0.05, 0.1) is 5.60 Å². The molecule has 0 unspecified atom stereocenters. The normalized spacial score (nSPS) is 53.6. The number of rotatable bonds is 1. The van der Waals surface area contributed by atoms with Crippen LogP contribution in [0.25, 0.3) is 0 Å². The molecule has 25 heavy (non-hydrogen) atoms. The molecule has 2 saturated carbocycles. The van der Waals surface area contributed by atoms with Crippen molar-refractivity contribution in [3.63, 3.8) is 0 Å². The van der Waals surface area contributed by atoms with Crippen molar-refractivity contribution >= 4 is 17.9 Å². The lowest BCUT2D eigenvalue weighted by atomic mass is 9.42. The van der Waals surface area contributed by atoms with E-state index >= 15 is 0 Å². The molecule has 8 heteroatoms. The van der Waals surface area contributed by atoms with E-state index in [-0.39, 0.29) is 25.4 Å². The Morgan fingerprint density at radius 1 is 1.36 bits per heavy atom. The van der Waals surface area contributed by atoms with Crippen molar-refractivity contribution in [1.29, 1.82) is 0 Å². The first-order valence-electron chi connectivity index (χ1n) is 8.54. The van der Waals surface area contributed by atoms with Gasteiger partial charge in [-0.2, -0.15) is 0 Å². The predicted molar refractivity (Wildman–Crippen MR) is 79.8 cm³/mol. The van der Waals surface area contributed by atoms with Crippen molar-refractivity contribution in [2.24, 2.45) is 16.7 Å². The lowest BCUT2D eigenvalue weighted by Crippen LogP contribution is -2.86. The van der Waals surface area contributed by atoms with Crippen molar-refractivity contribution in [2.75, 3.05) is 6.61 Å². The molecule has 2 N–H and O–H groups in total. The maximum Gasteiger partial charge on any atom is 0.336 e. The van der Waals surface area contributed by atoms with Crippen LogP contribution in [0.5, 0.6) is 0 Å². The van der Waals surface area contributed by atoms with Gasteiger partial charge in [-0.1, -0.05) is 6.92 Å². The van der Waals surface area contributed by atoms with E-state index in [1.807, 2.05) is 6.92 Å². The van der Waals surface area contributed by atoms with Crippen LogP contribution in [0.4, 0.5) is 0 Å². The minimum absolute atomic E-state index is 0.121. The van der Waals surface area contributed by atoms with Gasteiger partial charge >= 0.3 is 17.9 Å². The van der Waals surface area contributed by atoms with E-state index in [2.05, 4.69) is 0 Å². The number of carbonyl (C=O) groups excluding carboxylic acids is 3. The molecule has 0 aromatic carbocycles. The van der Waals surface area contributed by atoms with Gasteiger partial charge in [0.1, 0.15) is 12.7 Å². The molecule has 2 bridgehead atoms. The quantitative estimate of drug-likeness (QED) is 0.486. The van der Waals surface area contributed by atoms with Gasteiger partial charge in [-0.3, -0.25) is 9.59 Å². The van der Waals surface area contributed by atoms with E-state index in [1.54, 1.807) is 0 Å². The van der Waals surface area contributed by atoms with Crippen molar-refractivity contribution in [2.45, 2.75) is 63.4 Å². The van der Waals surface area contributed by atoms with E-state index in [4.69, 9.17) is 14.2 Å². The first-order chi connectivity index (χ1) is 11.6.